The van der Waals surface area contributed by atoms with Crippen molar-refractivity contribution in [2.75, 3.05) is 26.7 Å². The van der Waals surface area contributed by atoms with Gasteiger partial charge < -0.3 is 25.4 Å². The number of nitrogens with one attached hydrogen (secondary N) is 2. The van der Waals surface area contributed by atoms with Crippen molar-refractivity contribution in [3.63, 3.8) is 0 Å². The monoisotopic (exact) mass is 501 g/mol. The first-order valence-electron chi connectivity index (χ1n) is 12.3. The summed E-state index contributed by atoms with van der Waals surface area (Å²) < 4.78 is 6.10. The molecular weight excluding hydrogens is 466 g/mol. The van der Waals surface area contributed by atoms with Crippen LogP contribution in [0.2, 0.25) is 5.02 Å². The highest BCUT2D eigenvalue weighted by Gasteiger charge is 2.30. The van der Waals surface area contributed by atoms with Crippen LogP contribution in [0.3, 0.4) is 0 Å². The molecule has 190 valence electrons. The van der Waals surface area contributed by atoms with Crippen LogP contribution < -0.4 is 10.6 Å². The number of likely N-dealkylation sites (N-methyl/N-ethyl adjacent to an activating group) is 1. The summed E-state index contributed by atoms with van der Waals surface area (Å²) in [4.78, 5) is 26.7. The maximum Gasteiger partial charge on any atom is 0.404 e. The maximum absolute atomic E-state index is 13.8. The summed E-state index contributed by atoms with van der Waals surface area (Å²) in [7, 11) is 1.91. The first kappa shape index (κ1) is 27.0. The number of carbonyl (C=O) groups is 2. The van der Waals surface area contributed by atoms with E-state index in [0.29, 0.717) is 10.6 Å². The summed E-state index contributed by atoms with van der Waals surface area (Å²) in [5, 5.41) is 15.0. The van der Waals surface area contributed by atoms with Crippen LogP contribution in [0.5, 0.6) is 0 Å². The van der Waals surface area contributed by atoms with E-state index >= 15 is 0 Å². The zero-order valence-electron chi connectivity index (χ0n) is 20.5. The van der Waals surface area contributed by atoms with Crippen LogP contribution in [0.4, 0.5) is 4.79 Å². The predicted molar refractivity (Wildman–Crippen MR) is 138 cm³/mol. The summed E-state index contributed by atoms with van der Waals surface area (Å²) in [6, 6.07) is 15.2. The Bertz CT molecular complexity index is 980. The van der Waals surface area contributed by atoms with Gasteiger partial charge in [0.25, 0.3) is 5.91 Å². The van der Waals surface area contributed by atoms with E-state index in [-0.39, 0.29) is 31.1 Å². The molecule has 3 rings (SSSR count). The molecule has 2 atom stereocenters. The van der Waals surface area contributed by atoms with E-state index in [2.05, 4.69) is 22.5 Å². The highest BCUT2D eigenvalue weighted by Crippen LogP contribution is 2.30. The lowest BCUT2D eigenvalue weighted by molar-refractivity contribution is 0.0534. The van der Waals surface area contributed by atoms with Gasteiger partial charge in [-0.2, -0.15) is 0 Å². The van der Waals surface area contributed by atoms with E-state index in [1.54, 1.807) is 6.07 Å². The molecule has 35 heavy (non-hydrogen) atoms. The molecule has 1 fully saturated rings. The van der Waals surface area contributed by atoms with Crippen LogP contribution in [-0.2, 0) is 4.74 Å². The number of ether oxygens (including phenoxy) is 1. The van der Waals surface area contributed by atoms with Gasteiger partial charge in [0.2, 0.25) is 0 Å². The third kappa shape index (κ3) is 7.69. The molecule has 0 aromatic heterocycles. The molecule has 2 aromatic rings. The quantitative estimate of drug-likeness (QED) is 0.373. The minimum Gasteiger partial charge on any atom is -0.465 e. The highest BCUT2D eigenvalue weighted by molar-refractivity contribution is 6.30. The van der Waals surface area contributed by atoms with Crippen molar-refractivity contribution < 1.29 is 19.4 Å². The summed E-state index contributed by atoms with van der Waals surface area (Å²) in [5.74, 6) is 0.0267. The Balaban J connectivity index is 1.89. The van der Waals surface area contributed by atoms with Gasteiger partial charge in [-0.05, 0) is 62.2 Å². The number of benzene rings is 2. The van der Waals surface area contributed by atoms with Crippen molar-refractivity contribution in [3.8, 4) is 0 Å². The average Bonchev–Trinajstić information content (AvgIpc) is 2.85. The molecule has 0 bridgehead atoms. The molecule has 2 unspecified atom stereocenters. The van der Waals surface area contributed by atoms with Crippen molar-refractivity contribution >= 4 is 23.6 Å². The Hall–Kier alpha value is -2.61. The molecule has 2 aromatic carbocycles. The minimum absolute atomic E-state index is 0.0267. The van der Waals surface area contributed by atoms with Gasteiger partial charge in [-0.25, -0.2) is 4.79 Å². The summed E-state index contributed by atoms with van der Waals surface area (Å²) in [5.41, 5.74) is 2.28. The molecule has 3 N–H and O–H groups in total. The normalized spacial score (nSPS) is 15.9. The third-order valence-corrected chi connectivity index (χ3v) is 6.66. The van der Waals surface area contributed by atoms with E-state index in [4.69, 9.17) is 21.4 Å². The van der Waals surface area contributed by atoms with Crippen molar-refractivity contribution in [2.24, 2.45) is 0 Å². The first-order chi connectivity index (χ1) is 16.9. The van der Waals surface area contributed by atoms with E-state index in [9.17, 15) is 9.59 Å². The first-order valence-corrected chi connectivity index (χ1v) is 12.7. The van der Waals surface area contributed by atoms with Crippen LogP contribution >= 0.6 is 11.6 Å². The zero-order valence-corrected chi connectivity index (χ0v) is 21.3. The molecule has 1 aliphatic rings. The van der Waals surface area contributed by atoms with Gasteiger partial charge in [-0.1, -0.05) is 55.1 Å². The second-order valence-electron chi connectivity index (χ2n) is 9.07. The molecule has 2 amide bonds. The van der Waals surface area contributed by atoms with Crippen molar-refractivity contribution in [1.29, 1.82) is 0 Å². The van der Waals surface area contributed by atoms with Crippen LogP contribution in [0, 0.1) is 0 Å². The molecule has 0 saturated heterocycles. The van der Waals surface area contributed by atoms with E-state index in [1.165, 1.54) is 6.42 Å². The smallest absolute Gasteiger partial charge is 0.404 e. The van der Waals surface area contributed by atoms with Crippen molar-refractivity contribution in [3.05, 3.63) is 70.2 Å². The fourth-order valence-corrected chi connectivity index (χ4v) is 5.05. The van der Waals surface area contributed by atoms with Crippen molar-refractivity contribution in [1.82, 2.24) is 15.5 Å². The number of hydrogen-bond acceptors (Lipinski definition) is 4. The van der Waals surface area contributed by atoms with Gasteiger partial charge in [-0.3, -0.25) is 4.79 Å². The van der Waals surface area contributed by atoms with Crippen LogP contribution in [-0.4, -0.2) is 60.8 Å². The Morgan fingerprint density at radius 3 is 2.46 bits per heavy atom. The summed E-state index contributed by atoms with van der Waals surface area (Å²) in [6.45, 7) is 3.16. The Morgan fingerprint density at radius 1 is 1.11 bits per heavy atom. The molecule has 0 radical (unpaired) electrons. The molecule has 0 heterocycles. The van der Waals surface area contributed by atoms with Gasteiger partial charge in [0.1, 0.15) is 6.10 Å². The number of rotatable bonds is 11. The lowest BCUT2D eigenvalue weighted by Crippen LogP contribution is -2.50. The molecule has 0 spiro atoms. The minimum atomic E-state index is -1.10. The number of hydrogen-bond donors (Lipinski definition) is 3. The lowest BCUT2D eigenvalue weighted by Gasteiger charge is -2.39. The summed E-state index contributed by atoms with van der Waals surface area (Å²) >= 11 is 6.24. The standard InChI is InChI=1S/C27H36ClN3O4/c1-19(18-29-2)31(24-12-4-3-5-13-24)26(32)22-10-6-8-20(16-22)25(35-15-14-30-27(33)34)21-9-7-11-23(28)17-21/h6-11,16-17,19,24-25,29-30H,3-5,12-15,18H2,1-2H3,(H,33,34). The van der Waals surface area contributed by atoms with Gasteiger partial charge in [0, 0.05) is 35.8 Å². The summed E-state index contributed by atoms with van der Waals surface area (Å²) in [6.07, 6.45) is 4.00. The number of nitrogens with zero attached hydrogens (tertiary/aromatic N) is 1. The number of carboxylic acid groups (broad SMARTS) is 1. The highest BCUT2D eigenvalue weighted by atomic mass is 35.5. The Kier molecular flexibility index (Phi) is 10.4. The molecular formula is C27H36ClN3O4. The average molecular weight is 502 g/mol. The maximum atomic E-state index is 13.8. The Labute approximate surface area is 212 Å². The molecule has 1 saturated carbocycles. The topological polar surface area (TPSA) is 90.9 Å². The number of halogens is 1. The van der Waals surface area contributed by atoms with E-state index < -0.39 is 12.2 Å². The van der Waals surface area contributed by atoms with Gasteiger partial charge in [-0.15, -0.1) is 0 Å². The van der Waals surface area contributed by atoms with Crippen LogP contribution in [0.15, 0.2) is 48.5 Å². The molecule has 7 nitrogen and oxygen atoms in total. The number of amides is 2. The fraction of sp³-hybridized carbons (Fsp3) is 0.481. The molecule has 1 aliphatic carbocycles. The fourth-order valence-electron chi connectivity index (χ4n) is 4.85. The SMILES string of the molecule is CNCC(C)N(C(=O)c1cccc(C(OCCNC(=O)O)c2cccc(Cl)c2)c1)C1CCCCC1. The van der Waals surface area contributed by atoms with Crippen LogP contribution in [0.25, 0.3) is 0 Å². The van der Waals surface area contributed by atoms with E-state index in [1.807, 2.05) is 49.5 Å². The largest absolute Gasteiger partial charge is 0.465 e. The van der Waals surface area contributed by atoms with Gasteiger partial charge in [0.05, 0.1) is 6.61 Å². The predicted octanol–water partition coefficient (Wildman–Crippen LogP) is 5.10. The lowest BCUT2D eigenvalue weighted by atomic mass is 9.92. The van der Waals surface area contributed by atoms with Gasteiger partial charge >= 0.3 is 6.09 Å². The zero-order chi connectivity index (χ0) is 25.2. The Morgan fingerprint density at radius 2 is 1.80 bits per heavy atom. The van der Waals surface area contributed by atoms with E-state index in [0.717, 1.165) is 43.4 Å². The van der Waals surface area contributed by atoms with Crippen molar-refractivity contribution in [2.45, 2.75) is 57.2 Å². The van der Waals surface area contributed by atoms with Gasteiger partial charge in [0.15, 0.2) is 0 Å². The van der Waals surface area contributed by atoms with Crippen LogP contribution in [0.1, 0.15) is 66.6 Å². The third-order valence-electron chi connectivity index (χ3n) is 6.43. The molecule has 8 heteroatoms. The number of carbonyl (C=O) groups excluding carboxylic acids is 1. The second-order valence-corrected chi connectivity index (χ2v) is 9.51. The molecule has 0 aliphatic heterocycles. The second kappa shape index (κ2) is 13.5.